The normalized spacial score (nSPS) is 25.7. The van der Waals surface area contributed by atoms with Gasteiger partial charge in [-0.1, -0.05) is 0 Å². The summed E-state index contributed by atoms with van der Waals surface area (Å²) in [4.78, 5) is 4.14. The molecule has 1 aromatic heterocycles. The monoisotopic (exact) mass is 270 g/mol. The molecule has 2 heterocycles. The summed E-state index contributed by atoms with van der Waals surface area (Å²) in [6.07, 6.45) is 5.58. The predicted molar refractivity (Wildman–Crippen MR) is 62.6 cm³/mol. The Morgan fingerprint density at radius 1 is 1.53 bits per heavy atom. The third-order valence-corrected chi connectivity index (χ3v) is 3.44. The lowest BCUT2D eigenvalue weighted by atomic mass is 9.82. The van der Waals surface area contributed by atoms with Crippen molar-refractivity contribution in [3.63, 3.8) is 0 Å². The second-order valence-corrected chi connectivity index (χ2v) is 5.19. The summed E-state index contributed by atoms with van der Waals surface area (Å²) >= 11 is 3.41. The summed E-state index contributed by atoms with van der Waals surface area (Å²) in [5, 5.41) is 12.8. The molecule has 1 aromatic rings. The van der Waals surface area contributed by atoms with Crippen LogP contribution in [0, 0.1) is 5.41 Å². The van der Waals surface area contributed by atoms with Crippen LogP contribution in [0.4, 0.5) is 0 Å². The van der Waals surface area contributed by atoms with Gasteiger partial charge in [0.15, 0.2) is 0 Å². The second-order valence-electron chi connectivity index (χ2n) is 4.27. The molecular formula is C11H15BrN2O. The van der Waals surface area contributed by atoms with Crippen molar-refractivity contribution in [2.24, 2.45) is 5.41 Å². The van der Waals surface area contributed by atoms with Gasteiger partial charge in [-0.15, -0.1) is 0 Å². The molecule has 1 fully saturated rings. The van der Waals surface area contributed by atoms with E-state index in [4.69, 9.17) is 0 Å². The van der Waals surface area contributed by atoms with Gasteiger partial charge in [-0.2, -0.15) is 0 Å². The molecule has 1 saturated heterocycles. The Bertz CT molecular complexity index is 337. The van der Waals surface area contributed by atoms with Crippen molar-refractivity contribution in [3.05, 3.63) is 28.5 Å². The largest absolute Gasteiger partial charge is 0.396 e. The average Bonchev–Trinajstić information content (AvgIpc) is 2.67. The molecule has 0 aliphatic carbocycles. The third-order valence-electron chi connectivity index (χ3n) is 3.01. The zero-order valence-corrected chi connectivity index (χ0v) is 10.1. The molecule has 0 saturated carbocycles. The summed E-state index contributed by atoms with van der Waals surface area (Å²) in [6, 6.07) is 2.07. The smallest absolute Gasteiger partial charge is 0.0503 e. The molecule has 1 aliphatic heterocycles. The van der Waals surface area contributed by atoms with E-state index in [1.807, 2.05) is 6.20 Å². The van der Waals surface area contributed by atoms with Gasteiger partial charge in [0.25, 0.3) is 0 Å². The van der Waals surface area contributed by atoms with E-state index in [9.17, 15) is 5.11 Å². The average molecular weight is 271 g/mol. The zero-order chi connectivity index (χ0) is 10.7. The number of rotatable bonds is 3. The number of hydrogen-bond donors (Lipinski definition) is 2. The molecule has 4 heteroatoms. The molecule has 82 valence electrons. The minimum atomic E-state index is 0.0163. The number of hydrogen-bond acceptors (Lipinski definition) is 3. The molecule has 1 aliphatic rings. The molecule has 0 spiro atoms. The Morgan fingerprint density at radius 3 is 3.00 bits per heavy atom. The van der Waals surface area contributed by atoms with E-state index in [-0.39, 0.29) is 12.0 Å². The highest BCUT2D eigenvalue weighted by Gasteiger charge is 2.33. The molecule has 15 heavy (non-hydrogen) atoms. The Labute approximate surface area is 98.0 Å². The van der Waals surface area contributed by atoms with E-state index >= 15 is 0 Å². The van der Waals surface area contributed by atoms with Gasteiger partial charge in [0.1, 0.15) is 0 Å². The first-order valence-electron chi connectivity index (χ1n) is 5.15. The lowest BCUT2D eigenvalue weighted by molar-refractivity contribution is 0.142. The number of aromatic nitrogens is 1. The van der Waals surface area contributed by atoms with Gasteiger partial charge in [-0.3, -0.25) is 4.98 Å². The summed E-state index contributed by atoms with van der Waals surface area (Å²) in [5.74, 6) is 0. The highest BCUT2D eigenvalue weighted by atomic mass is 79.9. The van der Waals surface area contributed by atoms with E-state index < -0.39 is 0 Å². The standard InChI is InChI=1S/C11H15BrN2O/c12-10-3-9(5-14-6-10)4-11(8-15)1-2-13-7-11/h3,5-6,13,15H,1-2,4,7-8H2. The van der Waals surface area contributed by atoms with Gasteiger partial charge in [0.2, 0.25) is 0 Å². The molecule has 1 unspecified atom stereocenters. The molecule has 2 N–H and O–H groups in total. The van der Waals surface area contributed by atoms with E-state index in [1.54, 1.807) is 6.20 Å². The van der Waals surface area contributed by atoms with Gasteiger partial charge < -0.3 is 10.4 Å². The van der Waals surface area contributed by atoms with Gasteiger partial charge in [-0.05, 0) is 46.9 Å². The maximum absolute atomic E-state index is 9.48. The lowest BCUT2D eigenvalue weighted by Crippen LogP contribution is -2.30. The lowest BCUT2D eigenvalue weighted by Gasteiger charge is -2.25. The molecule has 0 radical (unpaired) electrons. The summed E-state index contributed by atoms with van der Waals surface area (Å²) in [6.45, 7) is 2.14. The van der Waals surface area contributed by atoms with E-state index in [0.717, 1.165) is 30.4 Å². The highest BCUT2D eigenvalue weighted by molar-refractivity contribution is 9.10. The number of nitrogens with zero attached hydrogens (tertiary/aromatic N) is 1. The van der Waals surface area contributed by atoms with E-state index in [1.165, 1.54) is 5.56 Å². The minimum absolute atomic E-state index is 0.0163. The first-order chi connectivity index (χ1) is 7.24. The second kappa shape index (κ2) is 4.60. The van der Waals surface area contributed by atoms with Crippen molar-refractivity contribution >= 4 is 15.9 Å². The predicted octanol–water partition coefficient (Wildman–Crippen LogP) is 1.36. The molecule has 0 amide bonds. The quantitative estimate of drug-likeness (QED) is 0.872. The number of pyridine rings is 1. The highest BCUT2D eigenvalue weighted by Crippen LogP contribution is 2.29. The van der Waals surface area contributed by atoms with Crippen molar-refractivity contribution < 1.29 is 5.11 Å². The van der Waals surface area contributed by atoms with Gasteiger partial charge >= 0.3 is 0 Å². The fraction of sp³-hybridized carbons (Fsp3) is 0.545. The van der Waals surface area contributed by atoms with Crippen molar-refractivity contribution in [1.29, 1.82) is 0 Å². The topological polar surface area (TPSA) is 45.2 Å². The van der Waals surface area contributed by atoms with Gasteiger partial charge in [0, 0.05) is 28.8 Å². The number of nitrogens with one attached hydrogen (secondary N) is 1. The van der Waals surface area contributed by atoms with Crippen LogP contribution in [0.1, 0.15) is 12.0 Å². The molecule has 3 nitrogen and oxygen atoms in total. The van der Waals surface area contributed by atoms with Crippen LogP contribution in [0.3, 0.4) is 0 Å². The first-order valence-corrected chi connectivity index (χ1v) is 5.94. The first kappa shape index (κ1) is 11.0. The number of halogens is 1. The van der Waals surface area contributed by atoms with Crippen LogP contribution in [0.2, 0.25) is 0 Å². The Balaban J connectivity index is 2.12. The fourth-order valence-corrected chi connectivity index (χ4v) is 2.54. The Kier molecular flexibility index (Phi) is 3.38. The van der Waals surface area contributed by atoms with E-state index in [2.05, 4.69) is 32.3 Å². The van der Waals surface area contributed by atoms with Crippen LogP contribution in [0.5, 0.6) is 0 Å². The Hall–Kier alpha value is -0.450. The fourth-order valence-electron chi connectivity index (χ4n) is 2.12. The third kappa shape index (κ3) is 2.56. The maximum atomic E-state index is 9.48. The summed E-state index contributed by atoms with van der Waals surface area (Å²) in [5.41, 5.74) is 1.20. The van der Waals surface area contributed by atoms with Crippen LogP contribution in [0.15, 0.2) is 22.9 Å². The maximum Gasteiger partial charge on any atom is 0.0503 e. The summed E-state index contributed by atoms with van der Waals surface area (Å²) in [7, 11) is 0. The molecule has 1 atom stereocenters. The zero-order valence-electron chi connectivity index (χ0n) is 8.54. The van der Waals surface area contributed by atoms with Crippen LogP contribution in [-0.2, 0) is 6.42 Å². The molecule has 0 aromatic carbocycles. The van der Waals surface area contributed by atoms with Crippen molar-refractivity contribution in [3.8, 4) is 0 Å². The van der Waals surface area contributed by atoms with Crippen LogP contribution >= 0.6 is 15.9 Å². The molecular weight excluding hydrogens is 256 g/mol. The van der Waals surface area contributed by atoms with E-state index in [0.29, 0.717) is 0 Å². The van der Waals surface area contributed by atoms with Crippen molar-refractivity contribution in [2.75, 3.05) is 19.7 Å². The number of aliphatic hydroxyl groups excluding tert-OH is 1. The SMILES string of the molecule is OCC1(Cc2cncc(Br)c2)CCNC1. The minimum Gasteiger partial charge on any atom is -0.396 e. The number of aliphatic hydroxyl groups is 1. The summed E-state index contributed by atoms with van der Waals surface area (Å²) < 4.78 is 0.999. The van der Waals surface area contributed by atoms with Crippen LogP contribution in [0.25, 0.3) is 0 Å². The molecule has 0 bridgehead atoms. The Morgan fingerprint density at radius 2 is 2.40 bits per heavy atom. The van der Waals surface area contributed by atoms with Crippen molar-refractivity contribution in [2.45, 2.75) is 12.8 Å². The molecule has 2 rings (SSSR count). The van der Waals surface area contributed by atoms with Crippen LogP contribution in [-0.4, -0.2) is 29.8 Å². The van der Waals surface area contributed by atoms with Crippen LogP contribution < -0.4 is 5.32 Å². The van der Waals surface area contributed by atoms with Gasteiger partial charge in [-0.25, -0.2) is 0 Å². The van der Waals surface area contributed by atoms with Gasteiger partial charge in [0.05, 0.1) is 6.61 Å². The van der Waals surface area contributed by atoms with Crippen molar-refractivity contribution in [1.82, 2.24) is 10.3 Å².